The van der Waals surface area contributed by atoms with Gasteiger partial charge in [-0.05, 0) is 19.9 Å². The highest BCUT2D eigenvalue weighted by molar-refractivity contribution is 6.68. The van der Waals surface area contributed by atoms with E-state index < -0.39 is 0 Å². The summed E-state index contributed by atoms with van der Waals surface area (Å²) in [5.74, 6) is 1.30. The van der Waals surface area contributed by atoms with Crippen LogP contribution in [0, 0.1) is 12.8 Å². The molecule has 2 aliphatic heterocycles. The normalized spacial score (nSPS) is 22.3. The first-order valence-corrected chi connectivity index (χ1v) is 6.66. The zero-order valence-electron chi connectivity index (χ0n) is 11.1. The van der Waals surface area contributed by atoms with Crippen molar-refractivity contribution in [2.45, 2.75) is 26.8 Å². The van der Waals surface area contributed by atoms with Crippen LogP contribution in [0.25, 0.3) is 5.57 Å². The van der Waals surface area contributed by atoms with Gasteiger partial charge in [0.2, 0.25) is 11.8 Å². The van der Waals surface area contributed by atoms with E-state index in [0.29, 0.717) is 29.5 Å². The molecule has 2 aliphatic rings. The van der Waals surface area contributed by atoms with Crippen LogP contribution in [0.5, 0.6) is 0 Å². The summed E-state index contributed by atoms with van der Waals surface area (Å²) in [4.78, 5) is 6.49. The van der Waals surface area contributed by atoms with E-state index >= 15 is 0 Å². The van der Waals surface area contributed by atoms with E-state index in [1.807, 2.05) is 6.08 Å². The smallest absolute Gasteiger partial charge is 0.245 e. The Morgan fingerprint density at radius 2 is 2.21 bits per heavy atom. The molecular weight excluding hydrogens is 264 g/mol. The van der Waals surface area contributed by atoms with Gasteiger partial charge in [0.05, 0.1) is 12.5 Å². The summed E-state index contributed by atoms with van der Waals surface area (Å²) in [5.41, 5.74) is 2.18. The zero-order chi connectivity index (χ0) is 13.6. The van der Waals surface area contributed by atoms with Gasteiger partial charge in [-0.3, -0.25) is 4.99 Å². The summed E-state index contributed by atoms with van der Waals surface area (Å²) in [6.45, 7) is 6.69. The van der Waals surface area contributed by atoms with Crippen molar-refractivity contribution in [1.29, 1.82) is 0 Å². The largest absolute Gasteiger partial charge is 0.421 e. The van der Waals surface area contributed by atoms with E-state index in [2.05, 4.69) is 40.1 Å². The maximum Gasteiger partial charge on any atom is 0.245 e. The number of nitrogens with zero attached hydrogens (tertiary/aromatic N) is 4. The van der Waals surface area contributed by atoms with E-state index in [4.69, 9.17) is 16.0 Å². The fourth-order valence-electron chi connectivity index (χ4n) is 2.43. The SMILES string of the molecule is Cc1nnc(C2=CN(C(C)C)C3=CC(Cl)=NCC23)o1. The molecule has 0 N–H and O–H groups in total. The molecule has 19 heavy (non-hydrogen) atoms. The van der Waals surface area contributed by atoms with Crippen LogP contribution in [0.3, 0.4) is 0 Å². The molecule has 1 atom stereocenters. The molecule has 100 valence electrons. The van der Waals surface area contributed by atoms with Gasteiger partial charge in [0.1, 0.15) is 5.17 Å². The van der Waals surface area contributed by atoms with Gasteiger partial charge >= 0.3 is 0 Å². The topological polar surface area (TPSA) is 54.5 Å². The van der Waals surface area contributed by atoms with Crippen LogP contribution in [-0.4, -0.2) is 32.9 Å². The summed E-state index contributed by atoms with van der Waals surface area (Å²) in [5, 5.41) is 8.56. The number of halogens is 1. The lowest BCUT2D eigenvalue weighted by Gasteiger charge is -2.27. The molecule has 0 aromatic carbocycles. The maximum atomic E-state index is 6.02. The van der Waals surface area contributed by atoms with E-state index in [9.17, 15) is 0 Å². The number of allylic oxidation sites excluding steroid dienone is 1. The second-order valence-corrected chi connectivity index (χ2v) is 5.38. The van der Waals surface area contributed by atoms with Crippen LogP contribution in [0.1, 0.15) is 25.6 Å². The number of hydrogen-bond acceptors (Lipinski definition) is 5. The minimum Gasteiger partial charge on any atom is -0.421 e. The van der Waals surface area contributed by atoms with Crippen molar-refractivity contribution in [1.82, 2.24) is 15.1 Å². The van der Waals surface area contributed by atoms with E-state index in [1.54, 1.807) is 6.92 Å². The zero-order valence-corrected chi connectivity index (χ0v) is 11.8. The molecule has 0 saturated carbocycles. The van der Waals surface area contributed by atoms with E-state index in [-0.39, 0.29) is 5.92 Å². The van der Waals surface area contributed by atoms with E-state index in [0.717, 1.165) is 11.3 Å². The Kier molecular flexibility index (Phi) is 2.93. The maximum absolute atomic E-state index is 6.02. The molecule has 1 unspecified atom stereocenters. The number of fused-ring (bicyclic) bond motifs is 1. The van der Waals surface area contributed by atoms with Crippen LogP contribution in [0.2, 0.25) is 0 Å². The third-order valence-corrected chi connectivity index (χ3v) is 3.56. The second-order valence-electron chi connectivity index (χ2n) is 5.00. The molecule has 0 saturated heterocycles. The van der Waals surface area contributed by atoms with Crippen molar-refractivity contribution < 1.29 is 4.42 Å². The second kappa shape index (κ2) is 4.49. The Balaban J connectivity index is 2.03. The van der Waals surface area contributed by atoms with Gasteiger partial charge in [0.25, 0.3) is 0 Å². The van der Waals surface area contributed by atoms with Crippen molar-refractivity contribution in [2.24, 2.45) is 10.9 Å². The first-order chi connectivity index (χ1) is 9.06. The first-order valence-electron chi connectivity index (χ1n) is 6.28. The summed E-state index contributed by atoms with van der Waals surface area (Å²) >= 11 is 6.02. The van der Waals surface area contributed by atoms with Crippen LogP contribution in [0.4, 0.5) is 0 Å². The van der Waals surface area contributed by atoms with Gasteiger partial charge in [-0.2, -0.15) is 0 Å². The quantitative estimate of drug-likeness (QED) is 0.834. The van der Waals surface area contributed by atoms with Gasteiger partial charge in [0.15, 0.2) is 0 Å². The molecule has 3 heterocycles. The number of aryl methyl sites for hydroxylation is 1. The highest BCUT2D eigenvalue weighted by Crippen LogP contribution is 2.40. The third kappa shape index (κ3) is 2.08. The molecule has 0 fully saturated rings. The lowest BCUT2D eigenvalue weighted by molar-refractivity contribution is 0.377. The minimum atomic E-state index is 0.157. The Bertz CT molecular complexity index is 600. The van der Waals surface area contributed by atoms with Crippen LogP contribution in [-0.2, 0) is 0 Å². The van der Waals surface area contributed by atoms with Gasteiger partial charge in [-0.15, -0.1) is 10.2 Å². The van der Waals surface area contributed by atoms with Crippen molar-refractivity contribution in [3.8, 4) is 0 Å². The first kappa shape index (κ1) is 12.4. The average molecular weight is 279 g/mol. The lowest BCUT2D eigenvalue weighted by atomic mass is 9.97. The van der Waals surface area contributed by atoms with Gasteiger partial charge in [-0.1, -0.05) is 11.6 Å². The van der Waals surface area contributed by atoms with Crippen molar-refractivity contribution >= 4 is 22.3 Å². The predicted octanol–water partition coefficient (Wildman–Crippen LogP) is 2.59. The molecule has 1 aromatic heterocycles. The number of rotatable bonds is 2. The van der Waals surface area contributed by atoms with Crippen LogP contribution in [0.15, 0.2) is 27.4 Å². The molecule has 0 spiro atoms. The van der Waals surface area contributed by atoms with Crippen LogP contribution < -0.4 is 0 Å². The van der Waals surface area contributed by atoms with Crippen LogP contribution >= 0.6 is 11.6 Å². The molecule has 0 radical (unpaired) electrons. The molecule has 0 aliphatic carbocycles. The van der Waals surface area contributed by atoms with Crippen molar-refractivity contribution in [3.63, 3.8) is 0 Å². The molecular formula is C13H15ClN4O. The fourth-order valence-corrected chi connectivity index (χ4v) is 2.61. The molecule has 6 heteroatoms. The standard InChI is InChI=1S/C13H15ClN4O/c1-7(2)18-6-10(13-17-16-8(3)19-13)9-5-15-12(14)4-11(9)18/h4,6-7,9H,5H2,1-3H3. The van der Waals surface area contributed by atoms with Gasteiger partial charge < -0.3 is 9.32 Å². The Labute approximate surface area is 116 Å². The highest BCUT2D eigenvalue weighted by Gasteiger charge is 2.36. The number of aliphatic imine (C=N–C) groups is 1. The Morgan fingerprint density at radius 3 is 2.84 bits per heavy atom. The van der Waals surface area contributed by atoms with Crippen molar-refractivity contribution in [3.05, 3.63) is 29.8 Å². The van der Waals surface area contributed by atoms with Crippen molar-refractivity contribution in [2.75, 3.05) is 6.54 Å². The minimum absolute atomic E-state index is 0.157. The molecule has 3 rings (SSSR count). The number of aromatic nitrogens is 2. The summed E-state index contributed by atoms with van der Waals surface area (Å²) in [6.07, 6.45) is 3.99. The lowest BCUT2D eigenvalue weighted by Crippen LogP contribution is -2.26. The summed E-state index contributed by atoms with van der Waals surface area (Å²) < 4.78 is 5.55. The fraction of sp³-hybridized carbons (Fsp3) is 0.462. The third-order valence-electron chi connectivity index (χ3n) is 3.33. The monoisotopic (exact) mass is 278 g/mol. The highest BCUT2D eigenvalue weighted by atomic mass is 35.5. The molecule has 1 aromatic rings. The predicted molar refractivity (Wildman–Crippen MR) is 73.7 cm³/mol. The number of hydrogen-bond donors (Lipinski definition) is 0. The number of dihydropyridines is 1. The summed E-state index contributed by atoms with van der Waals surface area (Å²) in [7, 11) is 0. The van der Waals surface area contributed by atoms with E-state index in [1.165, 1.54) is 0 Å². The summed E-state index contributed by atoms with van der Waals surface area (Å²) in [6, 6.07) is 0.345. The average Bonchev–Trinajstić information content (AvgIpc) is 2.92. The molecule has 0 bridgehead atoms. The van der Waals surface area contributed by atoms with Gasteiger partial charge in [0, 0.05) is 30.4 Å². The van der Waals surface area contributed by atoms with Gasteiger partial charge in [-0.25, -0.2) is 0 Å². The molecule has 5 nitrogen and oxygen atoms in total. The molecule has 0 amide bonds. The Morgan fingerprint density at radius 1 is 1.42 bits per heavy atom. The Hall–Kier alpha value is -1.62.